The van der Waals surface area contributed by atoms with E-state index in [1.807, 2.05) is 0 Å². The van der Waals surface area contributed by atoms with Crippen molar-refractivity contribution in [1.82, 2.24) is 5.43 Å². The molecule has 1 heterocycles. The van der Waals surface area contributed by atoms with Crippen LogP contribution < -0.4 is 11.3 Å². The van der Waals surface area contributed by atoms with E-state index in [1.54, 1.807) is 11.3 Å². The maximum Gasteiger partial charge on any atom is 0.0803 e. The average molecular weight is 337 g/mol. The molecule has 1 aliphatic rings. The largest absolute Gasteiger partial charge is 0.271 e. The van der Waals surface area contributed by atoms with Gasteiger partial charge in [0.05, 0.1) is 9.83 Å². The number of hydrazine groups is 1. The van der Waals surface area contributed by atoms with Gasteiger partial charge < -0.3 is 0 Å². The Balaban J connectivity index is 1.90. The molecule has 0 aliphatic heterocycles. The van der Waals surface area contributed by atoms with Crippen molar-refractivity contribution >= 4 is 27.3 Å². The van der Waals surface area contributed by atoms with Crippen molar-refractivity contribution < 1.29 is 0 Å². The van der Waals surface area contributed by atoms with Crippen molar-refractivity contribution in [2.45, 2.75) is 31.2 Å². The molecule has 0 saturated heterocycles. The smallest absolute Gasteiger partial charge is 0.0803 e. The SMILES string of the molecule is NNC(c1cccc(C2CCC2)c1)c1ccc(Br)s1. The zero-order valence-corrected chi connectivity index (χ0v) is 13.0. The summed E-state index contributed by atoms with van der Waals surface area (Å²) in [6.45, 7) is 0. The van der Waals surface area contributed by atoms with Crippen LogP contribution in [0, 0.1) is 0 Å². The summed E-state index contributed by atoms with van der Waals surface area (Å²) in [7, 11) is 0. The molecule has 4 heteroatoms. The van der Waals surface area contributed by atoms with Crippen LogP contribution in [0.3, 0.4) is 0 Å². The molecule has 1 aliphatic carbocycles. The summed E-state index contributed by atoms with van der Waals surface area (Å²) in [5.74, 6) is 6.52. The molecule has 100 valence electrons. The number of rotatable bonds is 4. The molecule has 2 nitrogen and oxygen atoms in total. The molecular formula is C15H17BrN2S. The van der Waals surface area contributed by atoms with E-state index in [4.69, 9.17) is 5.84 Å². The van der Waals surface area contributed by atoms with Gasteiger partial charge in [-0.1, -0.05) is 30.7 Å². The molecule has 1 aromatic heterocycles. The molecule has 0 radical (unpaired) electrons. The molecule has 1 atom stereocenters. The van der Waals surface area contributed by atoms with Crippen molar-refractivity contribution in [2.75, 3.05) is 0 Å². The second-order valence-corrected chi connectivity index (χ2v) is 7.53. The molecule has 1 fully saturated rings. The van der Waals surface area contributed by atoms with Gasteiger partial charge in [0.2, 0.25) is 0 Å². The topological polar surface area (TPSA) is 38.0 Å². The fraction of sp³-hybridized carbons (Fsp3) is 0.333. The van der Waals surface area contributed by atoms with Gasteiger partial charge in [0.25, 0.3) is 0 Å². The second kappa shape index (κ2) is 5.75. The van der Waals surface area contributed by atoms with Gasteiger partial charge in [0, 0.05) is 4.88 Å². The highest BCUT2D eigenvalue weighted by Gasteiger charge is 2.21. The van der Waals surface area contributed by atoms with Gasteiger partial charge in [-0.05, 0) is 57.9 Å². The first-order chi connectivity index (χ1) is 9.28. The Morgan fingerprint density at radius 2 is 2.11 bits per heavy atom. The van der Waals surface area contributed by atoms with Gasteiger partial charge in [-0.3, -0.25) is 5.84 Å². The summed E-state index contributed by atoms with van der Waals surface area (Å²) in [6.07, 6.45) is 4.02. The van der Waals surface area contributed by atoms with Crippen LogP contribution in [0.1, 0.15) is 47.2 Å². The van der Waals surface area contributed by atoms with Gasteiger partial charge in [-0.25, -0.2) is 5.43 Å². The van der Waals surface area contributed by atoms with Crippen LogP contribution in [0.2, 0.25) is 0 Å². The van der Waals surface area contributed by atoms with E-state index >= 15 is 0 Å². The van der Waals surface area contributed by atoms with Crippen molar-refractivity contribution in [3.05, 3.63) is 56.2 Å². The minimum Gasteiger partial charge on any atom is -0.271 e. The molecule has 0 bridgehead atoms. The number of benzene rings is 1. The van der Waals surface area contributed by atoms with E-state index in [0.29, 0.717) is 0 Å². The van der Waals surface area contributed by atoms with Crippen LogP contribution in [-0.2, 0) is 0 Å². The predicted octanol–water partition coefficient (Wildman–Crippen LogP) is 4.33. The number of nitrogens with one attached hydrogen (secondary N) is 1. The summed E-state index contributed by atoms with van der Waals surface area (Å²) in [5, 5.41) is 0. The Morgan fingerprint density at radius 1 is 1.26 bits per heavy atom. The summed E-state index contributed by atoms with van der Waals surface area (Å²) >= 11 is 5.23. The number of hydrogen-bond donors (Lipinski definition) is 2. The van der Waals surface area contributed by atoms with Gasteiger partial charge >= 0.3 is 0 Å². The molecule has 3 N–H and O–H groups in total. The molecule has 19 heavy (non-hydrogen) atoms. The zero-order chi connectivity index (χ0) is 13.2. The van der Waals surface area contributed by atoms with E-state index in [1.165, 1.54) is 35.3 Å². The molecule has 3 rings (SSSR count). The number of thiophene rings is 1. The summed E-state index contributed by atoms with van der Waals surface area (Å²) < 4.78 is 1.14. The van der Waals surface area contributed by atoms with Crippen LogP contribution in [-0.4, -0.2) is 0 Å². The van der Waals surface area contributed by atoms with Gasteiger partial charge in [-0.2, -0.15) is 0 Å². The molecular weight excluding hydrogens is 320 g/mol. The third-order valence-corrected chi connectivity index (χ3v) is 5.55. The molecule has 1 unspecified atom stereocenters. The lowest BCUT2D eigenvalue weighted by Gasteiger charge is -2.27. The molecule has 2 aromatic rings. The maximum absolute atomic E-state index is 5.76. The van der Waals surface area contributed by atoms with E-state index in [-0.39, 0.29) is 6.04 Å². The highest BCUT2D eigenvalue weighted by molar-refractivity contribution is 9.11. The fourth-order valence-electron chi connectivity index (χ4n) is 2.56. The van der Waals surface area contributed by atoms with Gasteiger partial charge in [0.15, 0.2) is 0 Å². The molecule has 0 spiro atoms. The first-order valence-electron chi connectivity index (χ1n) is 6.59. The summed E-state index contributed by atoms with van der Waals surface area (Å²) in [6, 6.07) is 13.1. The van der Waals surface area contributed by atoms with Gasteiger partial charge in [-0.15, -0.1) is 11.3 Å². The second-order valence-electron chi connectivity index (χ2n) is 5.04. The Labute approximate surface area is 126 Å². The Bertz CT molecular complexity index is 563. The van der Waals surface area contributed by atoms with Crippen LogP contribution in [0.25, 0.3) is 0 Å². The Hall–Kier alpha value is -0.680. The monoisotopic (exact) mass is 336 g/mol. The predicted molar refractivity (Wildman–Crippen MR) is 84.2 cm³/mol. The highest BCUT2D eigenvalue weighted by atomic mass is 79.9. The standard InChI is InChI=1S/C15H17BrN2S/c16-14-8-7-13(19-14)15(18-17)12-6-2-5-11(9-12)10-3-1-4-10/h2,5-10,15,18H,1,3-4,17H2. The van der Waals surface area contributed by atoms with Crippen molar-refractivity contribution in [1.29, 1.82) is 0 Å². The highest BCUT2D eigenvalue weighted by Crippen LogP contribution is 2.38. The Kier molecular flexibility index (Phi) is 4.03. The van der Waals surface area contributed by atoms with Crippen molar-refractivity contribution in [2.24, 2.45) is 5.84 Å². The number of halogens is 1. The lowest BCUT2D eigenvalue weighted by atomic mass is 9.79. The van der Waals surface area contributed by atoms with Crippen LogP contribution in [0.5, 0.6) is 0 Å². The Morgan fingerprint density at radius 3 is 2.68 bits per heavy atom. The van der Waals surface area contributed by atoms with Gasteiger partial charge in [0.1, 0.15) is 0 Å². The first kappa shape index (κ1) is 13.3. The van der Waals surface area contributed by atoms with E-state index < -0.39 is 0 Å². The summed E-state index contributed by atoms with van der Waals surface area (Å²) in [5.41, 5.74) is 5.65. The zero-order valence-electron chi connectivity index (χ0n) is 10.6. The quantitative estimate of drug-likeness (QED) is 0.644. The summed E-state index contributed by atoms with van der Waals surface area (Å²) in [4.78, 5) is 1.24. The van der Waals surface area contributed by atoms with Crippen LogP contribution >= 0.6 is 27.3 Å². The minimum atomic E-state index is 0.0799. The van der Waals surface area contributed by atoms with Crippen molar-refractivity contribution in [3.63, 3.8) is 0 Å². The first-order valence-corrected chi connectivity index (χ1v) is 8.20. The number of nitrogens with two attached hydrogens (primary N) is 1. The average Bonchev–Trinajstić information content (AvgIpc) is 2.75. The van der Waals surface area contributed by atoms with Crippen LogP contribution in [0.15, 0.2) is 40.2 Å². The van der Waals surface area contributed by atoms with Crippen molar-refractivity contribution in [3.8, 4) is 0 Å². The molecule has 1 aromatic carbocycles. The lowest BCUT2D eigenvalue weighted by Crippen LogP contribution is -2.28. The molecule has 0 amide bonds. The minimum absolute atomic E-state index is 0.0799. The van der Waals surface area contributed by atoms with Crippen LogP contribution in [0.4, 0.5) is 0 Å². The third-order valence-electron chi connectivity index (χ3n) is 3.87. The van der Waals surface area contributed by atoms with E-state index in [0.717, 1.165) is 9.70 Å². The van der Waals surface area contributed by atoms with E-state index in [9.17, 15) is 0 Å². The molecule has 1 saturated carbocycles. The number of hydrogen-bond acceptors (Lipinski definition) is 3. The maximum atomic E-state index is 5.76. The van der Waals surface area contributed by atoms with E-state index in [2.05, 4.69) is 57.8 Å². The third kappa shape index (κ3) is 2.77. The lowest BCUT2D eigenvalue weighted by molar-refractivity contribution is 0.419. The normalized spacial score (nSPS) is 17.2. The fourth-order valence-corrected chi connectivity index (χ4v) is 4.07.